The Morgan fingerprint density at radius 3 is 2.60 bits per heavy atom. The van der Waals surface area contributed by atoms with Crippen LogP contribution in [-0.4, -0.2) is 45.7 Å². The number of ether oxygens (including phenoxy) is 1. The lowest BCUT2D eigenvalue weighted by Gasteiger charge is -2.28. The van der Waals surface area contributed by atoms with E-state index in [4.69, 9.17) is 4.74 Å². The lowest BCUT2D eigenvalue weighted by molar-refractivity contribution is 0.143. The normalized spacial score (nSPS) is 12.2. The second kappa shape index (κ2) is 9.17. The van der Waals surface area contributed by atoms with E-state index < -0.39 is 0 Å². The highest BCUT2D eigenvalue weighted by molar-refractivity contribution is 5.74. The molecule has 1 N–H and O–H groups in total. The van der Waals surface area contributed by atoms with E-state index in [0.717, 1.165) is 11.4 Å². The number of hydrogen-bond donors (Lipinski definition) is 1. The third kappa shape index (κ3) is 5.29. The van der Waals surface area contributed by atoms with Crippen molar-refractivity contribution >= 4 is 6.03 Å². The molecule has 0 fully saturated rings. The van der Waals surface area contributed by atoms with Crippen molar-refractivity contribution in [3.8, 4) is 0 Å². The molecule has 2 aromatic rings. The molecule has 25 heavy (non-hydrogen) atoms. The molecule has 2 rings (SSSR count). The van der Waals surface area contributed by atoms with E-state index in [9.17, 15) is 4.79 Å². The predicted molar refractivity (Wildman–Crippen MR) is 95.8 cm³/mol. The standard InChI is InChI=1S/C18H27N5O2/c1-14(2)16(17-20-9-10-22(17)3)21-18(24)23(11-12-25-4)13-15-5-7-19-8-6-15/h5-10,14,16H,11-13H2,1-4H3,(H,21,24). The van der Waals surface area contributed by atoms with Crippen LogP contribution in [-0.2, 0) is 18.3 Å². The molecule has 1 atom stereocenters. The zero-order valence-electron chi connectivity index (χ0n) is 15.3. The summed E-state index contributed by atoms with van der Waals surface area (Å²) < 4.78 is 7.09. The van der Waals surface area contributed by atoms with Crippen molar-refractivity contribution in [2.45, 2.75) is 26.4 Å². The van der Waals surface area contributed by atoms with E-state index in [1.165, 1.54) is 0 Å². The summed E-state index contributed by atoms with van der Waals surface area (Å²) in [5.41, 5.74) is 1.03. The molecule has 0 bridgehead atoms. The molecule has 0 aliphatic heterocycles. The van der Waals surface area contributed by atoms with Gasteiger partial charge in [0.1, 0.15) is 5.82 Å². The Kier molecular flexibility index (Phi) is 6.94. The molecular formula is C18H27N5O2. The largest absolute Gasteiger partial charge is 0.383 e. The number of rotatable bonds is 8. The summed E-state index contributed by atoms with van der Waals surface area (Å²) in [5, 5.41) is 3.12. The van der Waals surface area contributed by atoms with E-state index in [1.807, 2.05) is 29.9 Å². The van der Waals surface area contributed by atoms with Gasteiger partial charge in [0.2, 0.25) is 0 Å². The minimum Gasteiger partial charge on any atom is -0.383 e. The Labute approximate surface area is 149 Å². The van der Waals surface area contributed by atoms with Gasteiger partial charge in [0.25, 0.3) is 0 Å². The minimum absolute atomic E-state index is 0.129. The van der Waals surface area contributed by atoms with Crippen LogP contribution in [0.3, 0.4) is 0 Å². The van der Waals surface area contributed by atoms with E-state index in [2.05, 4.69) is 29.1 Å². The molecule has 1 unspecified atom stereocenters. The molecule has 0 saturated heterocycles. The van der Waals surface area contributed by atoms with E-state index in [-0.39, 0.29) is 18.0 Å². The zero-order valence-corrected chi connectivity index (χ0v) is 15.3. The molecule has 2 amide bonds. The molecule has 0 aliphatic carbocycles. The van der Waals surface area contributed by atoms with Crippen LogP contribution < -0.4 is 5.32 Å². The number of imidazole rings is 1. The highest BCUT2D eigenvalue weighted by atomic mass is 16.5. The Balaban J connectivity index is 2.12. The van der Waals surface area contributed by atoms with Crippen molar-refractivity contribution in [2.24, 2.45) is 13.0 Å². The Hall–Kier alpha value is -2.41. The van der Waals surface area contributed by atoms with Gasteiger partial charge >= 0.3 is 6.03 Å². The van der Waals surface area contributed by atoms with Crippen molar-refractivity contribution in [1.82, 2.24) is 24.8 Å². The molecule has 2 aromatic heterocycles. The number of urea groups is 1. The van der Waals surface area contributed by atoms with Crippen molar-refractivity contribution in [1.29, 1.82) is 0 Å². The van der Waals surface area contributed by atoms with Gasteiger partial charge in [0.05, 0.1) is 12.6 Å². The van der Waals surface area contributed by atoms with Gasteiger partial charge in [-0.25, -0.2) is 9.78 Å². The van der Waals surface area contributed by atoms with Gasteiger partial charge in [-0.05, 0) is 23.6 Å². The maximum absolute atomic E-state index is 12.9. The van der Waals surface area contributed by atoms with E-state index >= 15 is 0 Å². The summed E-state index contributed by atoms with van der Waals surface area (Å²) in [7, 11) is 3.57. The van der Waals surface area contributed by atoms with Crippen molar-refractivity contribution < 1.29 is 9.53 Å². The number of nitrogens with one attached hydrogen (secondary N) is 1. The van der Waals surface area contributed by atoms with Crippen LogP contribution in [0.15, 0.2) is 36.9 Å². The first-order valence-electron chi connectivity index (χ1n) is 8.43. The van der Waals surface area contributed by atoms with Crippen LogP contribution in [0.5, 0.6) is 0 Å². The molecule has 136 valence electrons. The third-order valence-corrected chi connectivity index (χ3v) is 4.06. The first-order chi connectivity index (χ1) is 12.0. The topological polar surface area (TPSA) is 72.3 Å². The van der Waals surface area contributed by atoms with Gasteiger partial charge in [-0.2, -0.15) is 0 Å². The zero-order chi connectivity index (χ0) is 18.2. The molecule has 0 radical (unpaired) electrons. The van der Waals surface area contributed by atoms with Gasteiger partial charge in [-0.15, -0.1) is 0 Å². The number of carbonyl (C=O) groups is 1. The van der Waals surface area contributed by atoms with Gasteiger partial charge in [-0.1, -0.05) is 13.8 Å². The van der Waals surface area contributed by atoms with E-state index in [1.54, 1.807) is 30.6 Å². The molecule has 0 aliphatic rings. The summed E-state index contributed by atoms with van der Waals surface area (Å²) in [6, 6.07) is 3.53. The summed E-state index contributed by atoms with van der Waals surface area (Å²) in [6.07, 6.45) is 7.09. The van der Waals surface area contributed by atoms with Crippen LogP contribution >= 0.6 is 0 Å². The maximum atomic E-state index is 12.9. The number of hydrogen-bond acceptors (Lipinski definition) is 4. The molecule has 7 heteroatoms. The summed E-state index contributed by atoms with van der Waals surface area (Å²) in [4.78, 5) is 23.0. The number of aromatic nitrogens is 3. The first kappa shape index (κ1) is 18.9. The minimum atomic E-state index is -0.157. The van der Waals surface area contributed by atoms with Crippen molar-refractivity contribution in [3.63, 3.8) is 0 Å². The Morgan fingerprint density at radius 2 is 2.04 bits per heavy atom. The second-order valence-electron chi connectivity index (χ2n) is 6.34. The monoisotopic (exact) mass is 345 g/mol. The first-order valence-corrected chi connectivity index (χ1v) is 8.43. The van der Waals surface area contributed by atoms with Crippen LogP contribution in [0, 0.1) is 5.92 Å². The Bertz CT molecular complexity index is 656. The van der Waals surface area contributed by atoms with Crippen LogP contribution in [0.2, 0.25) is 0 Å². The number of aryl methyl sites for hydroxylation is 1. The Morgan fingerprint density at radius 1 is 1.32 bits per heavy atom. The fraction of sp³-hybridized carbons (Fsp3) is 0.500. The van der Waals surface area contributed by atoms with Gasteiger partial charge in [-0.3, -0.25) is 4.98 Å². The van der Waals surface area contributed by atoms with Gasteiger partial charge in [0, 0.05) is 52.0 Å². The number of methoxy groups -OCH3 is 1. The summed E-state index contributed by atoms with van der Waals surface area (Å²) >= 11 is 0. The fourth-order valence-electron chi connectivity index (χ4n) is 2.59. The maximum Gasteiger partial charge on any atom is 0.318 e. The van der Waals surface area contributed by atoms with Crippen molar-refractivity contribution in [2.75, 3.05) is 20.3 Å². The third-order valence-electron chi connectivity index (χ3n) is 4.06. The van der Waals surface area contributed by atoms with Crippen LogP contribution in [0.4, 0.5) is 4.79 Å². The van der Waals surface area contributed by atoms with E-state index in [0.29, 0.717) is 19.7 Å². The van der Waals surface area contributed by atoms with Crippen LogP contribution in [0.25, 0.3) is 0 Å². The number of carbonyl (C=O) groups excluding carboxylic acids is 1. The highest BCUT2D eigenvalue weighted by Crippen LogP contribution is 2.20. The number of pyridine rings is 1. The van der Waals surface area contributed by atoms with Gasteiger partial charge < -0.3 is 19.5 Å². The number of amides is 2. The lowest BCUT2D eigenvalue weighted by atomic mass is 10.0. The molecule has 2 heterocycles. The molecule has 0 saturated carbocycles. The fourth-order valence-corrected chi connectivity index (χ4v) is 2.59. The SMILES string of the molecule is COCCN(Cc1ccncc1)C(=O)NC(c1nccn1C)C(C)C. The smallest absolute Gasteiger partial charge is 0.318 e. The quantitative estimate of drug-likeness (QED) is 0.797. The number of nitrogens with zero attached hydrogens (tertiary/aromatic N) is 4. The van der Waals surface area contributed by atoms with Gasteiger partial charge in [0.15, 0.2) is 0 Å². The lowest BCUT2D eigenvalue weighted by Crippen LogP contribution is -2.44. The highest BCUT2D eigenvalue weighted by Gasteiger charge is 2.24. The summed E-state index contributed by atoms with van der Waals surface area (Å²) in [5.74, 6) is 1.06. The second-order valence-corrected chi connectivity index (χ2v) is 6.34. The summed E-state index contributed by atoms with van der Waals surface area (Å²) in [6.45, 7) is 5.64. The predicted octanol–water partition coefficient (Wildman–Crippen LogP) is 2.37. The molecular weight excluding hydrogens is 318 g/mol. The van der Waals surface area contributed by atoms with Crippen LogP contribution in [0.1, 0.15) is 31.3 Å². The van der Waals surface area contributed by atoms with Crippen molar-refractivity contribution in [3.05, 3.63) is 48.3 Å². The average molecular weight is 345 g/mol. The molecule has 0 spiro atoms. The average Bonchev–Trinajstić information content (AvgIpc) is 3.02. The molecule has 7 nitrogen and oxygen atoms in total. The molecule has 0 aromatic carbocycles.